The van der Waals surface area contributed by atoms with Crippen LogP contribution in [0.3, 0.4) is 0 Å². The lowest BCUT2D eigenvalue weighted by molar-refractivity contribution is 0.225. The van der Waals surface area contributed by atoms with Gasteiger partial charge in [-0.25, -0.2) is 0 Å². The Morgan fingerprint density at radius 2 is 1.80 bits per heavy atom. The molecule has 0 saturated heterocycles. The molecule has 2 rings (SSSR count). The zero-order chi connectivity index (χ0) is 14.4. The molecule has 0 aliphatic rings. The number of aliphatic hydroxyl groups is 1. The maximum absolute atomic E-state index is 9.01. The molecule has 0 spiro atoms. The Morgan fingerprint density at radius 1 is 1.10 bits per heavy atom. The Morgan fingerprint density at radius 3 is 2.40 bits per heavy atom. The molecular weight excluding hydrogens is 250 g/mol. The molecule has 1 aromatic heterocycles. The smallest absolute Gasteiger partial charge is 0.129 e. The fraction of sp³-hybridized carbons (Fsp3) is 0.294. The van der Waals surface area contributed by atoms with Gasteiger partial charge < -0.3 is 9.52 Å². The number of rotatable bonds is 6. The van der Waals surface area contributed by atoms with Crippen LogP contribution < -0.4 is 0 Å². The minimum absolute atomic E-state index is 0.0763. The van der Waals surface area contributed by atoms with E-state index in [1.165, 1.54) is 11.1 Å². The molecule has 0 aliphatic heterocycles. The largest absolute Gasteiger partial charge is 0.462 e. The highest BCUT2D eigenvalue weighted by molar-refractivity contribution is 5.21. The molecule has 0 atom stereocenters. The van der Waals surface area contributed by atoms with Gasteiger partial charge in [-0.1, -0.05) is 35.7 Å². The Kier molecular flexibility index (Phi) is 5.00. The van der Waals surface area contributed by atoms with E-state index in [1.54, 1.807) is 6.07 Å². The molecule has 2 aromatic rings. The Labute approximate surface area is 119 Å². The maximum Gasteiger partial charge on any atom is 0.129 e. The van der Waals surface area contributed by atoms with E-state index in [9.17, 15) is 0 Å². The van der Waals surface area contributed by atoms with Gasteiger partial charge in [-0.15, -0.1) is 6.42 Å². The Bertz CT molecular complexity index is 578. The van der Waals surface area contributed by atoms with E-state index in [0.717, 1.165) is 12.3 Å². The van der Waals surface area contributed by atoms with Crippen LogP contribution in [0, 0.1) is 19.3 Å². The first-order chi connectivity index (χ1) is 9.71. The van der Waals surface area contributed by atoms with Gasteiger partial charge >= 0.3 is 0 Å². The number of benzene rings is 1. The van der Waals surface area contributed by atoms with E-state index in [-0.39, 0.29) is 6.61 Å². The van der Waals surface area contributed by atoms with Gasteiger partial charge in [0.25, 0.3) is 0 Å². The van der Waals surface area contributed by atoms with Gasteiger partial charge in [0.15, 0.2) is 0 Å². The summed E-state index contributed by atoms with van der Waals surface area (Å²) in [6, 6.07) is 12.1. The van der Waals surface area contributed by atoms with E-state index in [0.29, 0.717) is 18.8 Å². The Balaban J connectivity index is 2.03. The van der Waals surface area contributed by atoms with Crippen LogP contribution in [0.25, 0.3) is 0 Å². The van der Waals surface area contributed by atoms with Gasteiger partial charge in [0.1, 0.15) is 18.1 Å². The predicted octanol–water partition coefficient (Wildman–Crippen LogP) is 2.72. The van der Waals surface area contributed by atoms with Crippen molar-refractivity contribution in [2.24, 2.45) is 0 Å². The molecule has 0 unspecified atom stereocenters. The van der Waals surface area contributed by atoms with Crippen molar-refractivity contribution >= 4 is 0 Å². The van der Waals surface area contributed by atoms with E-state index in [2.05, 4.69) is 42.0 Å². The number of hydrogen-bond donors (Lipinski definition) is 1. The molecule has 0 radical (unpaired) electrons. The first kappa shape index (κ1) is 14.4. The maximum atomic E-state index is 9.01. The number of nitrogens with zero attached hydrogens (tertiary/aromatic N) is 1. The van der Waals surface area contributed by atoms with E-state index in [1.807, 2.05) is 6.07 Å². The lowest BCUT2D eigenvalue weighted by Crippen LogP contribution is -2.22. The SMILES string of the molecule is C#CCN(Cc1ccc(C)cc1)Cc1ccc(CO)o1. The fourth-order valence-electron chi connectivity index (χ4n) is 2.06. The van der Waals surface area contributed by atoms with Crippen LogP contribution in [-0.2, 0) is 19.7 Å². The monoisotopic (exact) mass is 269 g/mol. The van der Waals surface area contributed by atoms with Crippen LogP contribution in [-0.4, -0.2) is 16.6 Å². The van der Waals surface area contributed by atoms with Crippen molar-refractivity contribution in [2.75, 3.05) is 6.54 Å². The van der Waals surface area contributed by atoms with Gasteiger partial charge in [-0.3, -0.25) is 4.90 Å². The summed E-state index contributed by atoms with van der Waals surface area (Å²) in [4.78, 5) is 2.13. The summed E-state index contributed by atoms with van der Waals surface area (Å²) in [6.07, 6.45) is 5.43. The fourth-order valence-corrected chi connectivity index (χ4v) is 2.06. The van der Waals surface area contributed by atoms with Crippen LogP contribution in [0.1, 0.15) is 22.6 Å². The average Bonchev–Trinajstić information content (AvgIpc) is 2.89. The van der Waals surface area contributed by atoms with E-state index < -0.39 is 0 Å². The van der Waals surface area contributed by atoms with E-state index >= 15 is 0 Å². The van der Waals surface area contributed by atoms with Crippen LogP contribution in [0.5, 0.6) is 0 Å². The van der Waals surface area contributed by atoms with Gasteiger partial charge in [-0.05, 0) is 24.6 Å². The molecule has 3 nitrogen and oxygen atoms in total. The summed E-state index contributed by atoms with van der Waals surface area (Å²) in [5.41, 5.74) is 2.47. The molecule has 104 valence electrons. The second-order valence-electron chi connectivity index (χ2n) is 4.86. The topological polar surface area (TPSA) is 36.6 Å². The lowest BCUT2D eigenvalue weighted by Gasteiger charge is -2.18. The van der Waals surface area contributed by atoms with Crippen molar-refractivity contribution < 1.29 is 9.52 Å². The van der Waals surface area contributed by atoms with Crippen LogP contribution in [0.15, 0.2) is 40.8 Å². The van der Waals surface area contributed by atoms with Crippen molar-refractivity contribution in [2.45, 2.75) is 26.6 Å². The molecule has 0 fully saturated rings. The third-order valence-corrected chi connectivity index (χ3v) is 3.09. The first-order valence-corrected chi connectivity index (χ1v) is 6.61. The minimum atomic E-state index is -0.0763. The van der Waals surface area contributed by atoms with Gasteiger partial charge in [0, 0.05) is 6.54 Å². The molecule has 0 bridgehead atoms. The summed E-state index contributed by atoms with van der Waals surface area (Å²) in [5, 5.41) is 9.01. The van der Waals surface area contributed by atoms with Crippen molar-refractivity contribution in [1.29, 1.82) is 0 Å². The summed E-state index contributed by atoms with van der Waals surface area (Å²) < 4.78 is 5.51. The second kappa shape index (κ2) is 6.95. The highest BCUT2D eigenvalue weighted by atomic mass is 16.4. The molecule has 1 heterocycles. The number of hydrogen-bond acceptors (Lipinski definition) is 3. The highest BCUT2D eigenvalue weighted by Gasteiger charge is 2.09. The van der Waals surface area contributed by atoms with Crippen LogP contribution in [0.4, 0.5) is 0 Å². The molecule has 20 heavy (non-hydrogen) atoms. The molecular formula is C17H19NO2. The second-order valence-corrected chi connectivity index (χ2v) is 4.86. The number of aliphatic hydroxyl groups excluding tert-OH is 1. The van der Waals surface area contributed by atoms with E-state index in [4.69, 9.17) is 15.9 Å². The predicted molar refractivity (Wildman–Crippen MR) is 78.8 cm³/mol. The number of furan rings is 1. The standard InChI is InChI=1S/C17H19NO2/c1-3-10-18(11-15-6-4-14(2)5-7-15)12-16-8-9-17(13-19)20-16/h1,4-9,19H,10-13H2,2H3. The minimum Gasteiger partial charge on any atom is -0.462 e. The average molecular weight is 269 g/mol. The highest BCUT2D eigenvalue weighted by Crippen LogP contribution is 2.13. The molecule has 1 N–H and O–H groups in total. The third-order valence-electron chi connectivity index (χ3n) is 3.09. The van der Waals surface area contributed by atoms with Crippen molar-refractivity contribution in [1.82, 2.24) is 4.90 Å². The van der Waals surface area contributed by atoms with Gasteiger partial charge in [0.05, 0.1) is 13.1 Å². The quantitative estimate of drug-likeness (QED) is 0.819. The zero-order valence-corrected chi connectivity index (χ0v) is 11.7. The van der Waals surface area contributed by atoms with Crippen molar-refractivity contribution in [3.63, 3.8) is 0 Å². The third kappa shape index (κ3) is 3.99. The zero-order valence-electron chi connectivity index (χ0n) is 11.7. The molecule has 0 aliphatic carbocycles. The summed E-state index contributed by atoms with van der Waals surface area (Å²) in [7, 11) is 0. The van der Waals surface area contributed by atoms with Crippen LogP contribution >= 0.6 is 0 Å². The Hall–Kier alpha value is -2.02. The van der Waals surface area contributed by atoms with Gasteiger partial charge in [-0.2, -0.15) is 0 Å². The molecule has 1 aromatic carbocycles. The molecule has 3 heteroatoms. The van der Waals surface area contributed by atoms with Crippen molar-refractivity contribution in [3.8, 4) is 12.3 Å². The summed E-state index contributed by atoms with van der Waals surface area (Å²) >= 11 is 0. The number of terminal acetylenes is 1. The normalized spacial score (nSPS) is 10.7. The molecule has 0 saturated carbocycles. The number of aryl methyl sites for hydroxylation is 1. The first-order valence-electron chi connectivity index (χ1n) is 6.61. The summed E-state index contributed by atoms with van der Waals surface area (Å²) in [6.45, 7) is 3.97. The van der Waals surface area contributed by atoms with Crippen LogP contribution in [0.2, 0.25) is 0 Å². The lowest BCUT2D eigenvalue weighted by atomic mass is 10.1. The molecule has 0 amide bonds. The van der Waals surface area contributed by atoms with Gasteiger partial charge in [0.2, 0.25) is 0 Å². The van der Waals surface area contributed by atoms with Crippen molar-refractivity contribution in [3.05, 3.63) is 59.0 Å². The summed E-state index contributed by atoms with van der Waals surface area (Å²) in [5.74, 6) is 4.07.